The van der Waals surface area contributed by atoms with E-state index in [2.05, 4.69) is 30.1 Å². The highest BCUT2D eigenvalue weighted by molar-refractivity contribution is 8.00. The number of ether oxygens (including phenoxy) is 2. The van der Waals surface area contributed by atoms with Crippen molar-refractivity contribution < 1.29 is 9.47 Å². The van der Waals surface area contributed by atoms with E-state index in [1.54, 1.807) is 14.2 Å². The molecule has 1 aromatic rings. The van der Waals surface area contributed by atoms with Crippen molar-refractivity contribution in [1.29, 1.82) is 0 Å². The summed E-state index contributed by atoms with van der Waals surface area (Å²) in [7, 11) is 3.45. The Hall–Kier alpha value is -0.870. The third-order valence-corrected chi connectivity index (χ3v) is 5.18. The minimum Gasteiger partial charge on any atom is -0.497 e. The molecule has 1 heterocycles. The average molecular weight is 295 g/mol. The fraction of sp³-hybridized carbons (Fsp3) is 0.625. The monoisotopic (exact) mass is 295 g/mol. The summed E-state index contributed by atoms with van der Waals surface area (Å²) < 4.78 is 10.9. The van der Waals surface area contributed by atoms with Crippen LogP contribution >= 0.6 is 11.8 Å². The molecule has 1 aliphatic heterocycles. The maximum atomic E-state index is 5.56. The summed E-state index contributed by atoms with van der Waals surface area (Å²) >= 11 is 2.07. The molecule has 2 atom stereocenters. The molecular formula is C16H25NO2S. The van der Waals surface area contributed by atoms with E-state index in [1.165, 1.54) is 24.2 Å². The summed E-state index contributed by atoms with van der Waals surface area (Å²) in [5.74, 6) is 3.11. The molecule has 0 aliphatic carbocycles. The van der Waals surface area contributed by atoms with Crippen LogP contribution in [0.25, 0.3) is 0 Å². The maximum Gasteiger partial charge on any atom is 0.123 e. The molecule has 0 amide bonds. The molecule has 112 valence electrons. The SMILES string of the molecule is CCCNC(c1cc(OC)ccc1OC)C1CCCS1. The molecule has 3 nitrogen and oxygen atoms in total. The van der Waals surface area contributed by atoms with Crippen molar-refractivity contribution >= 4 is 11.8 Å². The van der Waals surface area contributed by atoms with Gasteiger partial charge >= 0.3 is 0 Å². The van der Waals surface area contributed by atoms with E-state index in [1.807, 2.05) is 12.1 Å². The highest BCUT2D eigenvalue weighted by Crippen LogP contribution is 2.40. The molecule has 1 aromatic carbocycles. The lowest BCUT2D eigenvalue weighted by Crippen LogP contribution is -2.30. The maximum absolute atomic E-state index is 5.56. The largest absolute Gasteiger partial charge is 0.497 e. The first-order valence-corrected chi connectivity index (χ1v) is 8.42. The van der Waals surface area contributed by atoms with Crippen molar-refractivity contribution in [3.05, 3.63) is 23.8 Å². The zero-order valence-corrected chi connectivity index (χ0v) is 13.5. The molecule has 0 saturated carbocycles. The van der Waals surface area contributed by atoms with Crippen LogP contribution in [0.5, 0.6) is 11.5 Å². The van der Waals surface area contributed by atoms with Gasteiger partial charge in [-0.15, -0.1) is 0 Å². The summed E-state index contributed by atoms with van der Waals surface area (Å²) in [4.78, 5) is 0. The van der Waals surface area contributed by atoms with Crippen molar-refractivity contribution in [2.24, 2.45) is 0 Å². The Bertz CT molecular complexity index is 419. The normalized spacial score (nSPS) is 19.9. The smallest absolute Gasteiger partial charge is 0.123 e. The third kappa shape index (κ3) is 3.61. The number of thioether (sulfide) groups is 1. The summed E-state index contributed by atoms with van der Waals surface area (Å²) in [6.45, 7) is 3.23. The lowest BCUT2D eigenvalue weighted by molar-refractivity contribution is 0.386. The van der Waals surface area contributed by atoms with E-state index in [0.29, 0.717) is 11.3 Å². The van der Waals surface area contributed by atoms with Gasteiger partial charge in [0.2, 0.25) is 0 Å². The Labute approximate surface area is 126 Å². The lowest BCUT2D eigenvalue weighted by atomic mass is 9.99. The number of hydrogen-bond donors (Lipinski definition) is 1. The van der Waals surface area contributed by atoms with Crippen molar-refractivity contribution in [3.8, 4) is 11.5 Å². The predicted molar refractivity (Wildman–Crippen MR) is 86.1 cm³/mol. The van der Waals surface area contributed by atoms with Crippen LogP contribution in [-0.4, -0.2) is 31.8 Å². The van der Waals surface area contributed by atoms with Crippen molar-refractivity contribution in [1.82, 2.24) is 5.32 Å². The van der Waals surface area contributed by atoms with Crippen molar-refractivity contribution in [3.63, 3.8) is 0 Å². The molecule has 0 radical (unpaired) electrons. The summed E-state index contributed by atoms with van der Waals surface area (Å²) in [5.41, 5.74) is 1.22. The van der Waals surface area contributed by atoms with Gasteiger partial charge in [-0.2, -0.15) is 11.8 Å². The van der Waals surface area contributed by atoms with Gasteiger partial charge < -0.3 is 14.8 Å². The molecular weight excluding hydrogens is 270 g/mol. The average Bonchev–Trinajstić information content (AvgIpc) is 3.01. The molecule has 2 rings (SSSR count). The molecule has 1 saturated heterocycles. The van der Waals surface area contributed by atoms with E-state index in [9.17, 15) is 0 Å². The molecule has 2 unspecified atom stereocenters. The van der Waals surface area contributed by atoms with Crippen LogP contribution in [0.3, 0.4) is 0 Å². The van der Waals surface area contributed by atoms with Gasteiger partial charge in [-0.1, -0.05) is 6.92 Å². The minimum atomic E-state index is 0.340. The van der Waals surface area contributed by atoms with E-state index >= 15 is 0 Å². The zero-order valence-electron chi connectivity index (χ0n) is 12.6. The second-order valence-corrected chi connectivity index (χ2v) is 6.44. The second kappa shape index (κ2) is 7.79. The summed E-state index contributed by atoms with van der Waals surface area (Å²) in [6, 6.07) is 6.42. The lowest BCUT2D eigenvalue weighted by Gasteiger charge is -2.26. The summed E-state index contributed by atoms with van der Waals surface area (Å²) in [5, 5.41) is 4.32. The first-order valence-electron chi connectivity index (χ1n) is 7.37. The van der Waals surface area contributed by atoms with Crippen LogP contribution in [0, 0.1) is 0 Å². The minimum absolute atomic E-state index is 0.340. The highest BCUT2D eigenvalue weighted by atomic mass is 32.2. The fourth-order valence-corrected chi connectivity index (χ4v) is 4.09. The Kier molecular flexibility index (Phi) is 6.05. The van der Waals surface area contributed by atoms with Gasteiger partial charge in [0.15, 0.2) is 0 Å². The fourth-order valence-electron chi connectivity index (χ4n) is 2.69. The van der Waals surface area contributed by atoms with Crippen LogP contribution in [0.2, 0.25) is 0 Å². The van der Waals surface area contributed by atoms with Gasteiger partial charge in [-0.3, -0.25) is 0 Å². The van der Waals surface area contributed by atoms with Gasteiger partial charge in [0.1, 0.15) is 11.5 Å². The first-order chi connectivity index (χ1) is 9.80. The van der Waals surface area contributed by atoms with Gasteiger partial charge in [-0.25, -0.2) is 0 Å². The Morgan fingerprint density at radius 3 is 2.80 bits per heavy atom. The predicted octanol–water partition coefficient (Wildman–Crippen LogP) is 3.64. The Balaban J connectivity index is 2.29. The summed E-state index contributed by atoms with van der Waals surface area (Å²) in [6.07, 6.45) is 3.72. The van der Waals surface area contributed by atoms with Crippen molar-refractivity contribution in [2.45, 2.75) is 37.5 Å². The molecule has 1 fully saturated rings. The van der Waals surface area contributed by atoms with E-state index in [4.69, 9.17) is 9.47 Å². The molecule has 0 bridgehead atoms. The number of benzene rings is 1. The van der Waals surface area contributed by atoms with E-state index in [-0.39, 0.29) is 0 Å². The van der Waals surface area contributed by atoms with Crippen LogP contribution in [-0.2, 0) is 0 Å². The Morgan fingerprint density at radius 1 is 1.35 bits per heavy atom. The van der Waals surface area contributed by atoms with E-state index in [0.717, 1.165) is 24.5 Å². The second-order valence-electron chi connectivity index (χ2n) is 5.09. The number of methoxy groups -OCH3 is 2. The number of hydrogen-bond acceptors (Lipinski definition) is 4. The number of rotatable bonds is 7. The van der Waals surface area contributed by atoms with Crippen LogP contribution in [0.4, 0.5) is 0 Å². The molecule has 1 N–H and O–H groups in total. The Morgan fingerprint density at radius 2 is 2.20 bits per heavy atom. The molecule has 0 aromatic heterocycles. The standard InChI is InChI=1S/C16H25NO2S/c1-4-9-17-16(15-6-5-10-20-15)13-11-12(18-2)7-8-14(13)19-3/h7-8,11,15-17H,4-6,9-10H2,1-3H3. The van der Waals surface area contributed by atoms with Crippen LogP contribution in [0.1, 0.15) is 37.8 Å². The third-order valence-electron chi connectivity index (χ3n) is 3.72. The molecule has 0 spiro atoms. The first kappa shape index (κ1) is 15.5. The molecule has 20 heavy (non-hydrogen) atoms. The van der Waals surface area contributed by atoms with Gasteiger partial charge in [-0.05, 0) is 49.8 Å². The van der Waals surface area contributed by atoms with E-state index < -0.39 is 0 Å². The molecule has 1 aliphatic rings. The van der Waals surface area contributed by atoms with Gasteiger partial charge in [0.25, 0.3) is 0 Å². The topological polar surface area (TPSA) is 30.5 Å². The highest BCUT2D eigenvalue weighted by Gasteiger charge is 2.28. The quantitative estimate of drug-likeness (QED) is 0.832. The van der Waals surface area contributed by atoms with Gasteiger partial charge in [0, 0.05) is 16.9 Å². The zero-order chi connectivity index (χ0) is 14.4. The van der Waals surface area contributed by atoms with Gasteiger partial charge in [0.05, 0.1) is 14.2 Å². The number of nitrogens with one attached hydrogen (secondary N) is 1. The van der Waals surface area contributed by atoms with Crippen LogP contribution in [0.15, 0.2) is 18.2 Å². The van der Waals surface area contributed by atoms with Crippen LogP contribution < -0.4 is 14.8 Å². The molecule has 4 heteroatoms. The van der Waals surface area contributed by atoms with Crippen molar-refractivity contribution in [2.75, 3.05) is 26.5 Å².